The Kier molecular flexibility index (Phi) is 8.57. The Labute approximate surface area is 183 Å². The Hall–Kier alpha value is -0.658. The third-order valence-corrected chi connectivity index (χ3v) is 4.91. The van der Waals surface area contributed by atoms with Gasteiger partial charge in [-0.1, -0.05) is 0 Å². The van der Waals surface area contributed by atoms with Crippen LogP contribution in [0.5, 0.6) is 0 Å². The van der Waals surface area contributed by atoms with Crippen LogP contribution in [-0.4, -0.2) is 55.1 Å². The summed E-state index contributed by atoms with van der Waals surface area (Å²) in [5.41, 5.74) is 0.931. The molecule has 0 aromatic carbocycles. The molecule has 162 valence electrons. The first kappa shape index (κ1) is 26.3. The summed E-state index contributed by atoms with van der Waals surface area (Å²) in [7, 11) is 0. The van der Waals surface area contributed by atoms with E-state index in [4.69, 9.17) is 0 Å². The van der Waals surface area contributed by atoms with Gasteiger partial charge in [0, 0.05) is 67.4 Å². The van der Waals surface area contributed by atoms with Crippen molar-refractivity contribution < 1.29 is 20.4 Å². The minimum atomic E-state index is 0. The van der Waals surface area contributed by atoms with E-state index in [1.165, 1.54) is 0 Å². The molecule has 0 amide bonds. The molecule has 0 atom stereocenters. The molecule has 27 heavy (non-hydrogen) atoms. The first-order valence-corrected chi connectivity index (χ1v) is 9.86. The number of hydrogen-bond acceptors (Lipinski definition) is 4. The van der Waals surface area contributed by atoms with Crippen molar-refractivity contribution in [1.82, 2.24) is 19.6 Å². The van der Waals surface area contributed by atoms with Gasteiger partial charge in [0.15, 0.2) is 0 Å². The van der Waals surface area contributed by atoms with Crippen LogP contribution < -0.4 is 0 Å². The van der Waals surface area contributed by atoms with Gasteiger partial charge < -0.3 is 19.6 Å². The fraction of sp³-hybridized carbons (Fsp3) is 0.818. The van der Waals surface area contributed by atoms with Crippen molar-refractivity contribution in [2.24, 2.45) is 0 Å². The number of nitrogens with zero attached hydrogens (tertiary/aromatic N) is 4. The predicted octanol–water partition coefficient (Wildman–Crippen LogP) is 5.26. The zero-order valence-electron chi connectivity index (χ0n) is 19.8. The molecule has 0 N–H and O–H groups in total. The molecule has 0 aromatic rings. The van der Waals surface area contributed by atoms with Gasteiger partial charge in [0.25, 0.3) is 0 Å². The van der Waals surface area contributed by atoms with E-state index in [9.17, 15) is 0 Å². The molecule has 2 rings (SSSR count). The second-order valence-electron chi connectivity index (χ2n) is 11.4. The molecule has 0 fully saturated rings. The van der Waals surface area contributed by atoms with Crippen molar-refractivity contribution in [3.63, 3.8) is 0 Å². The van der Waals surface area contributed by atoms with Crippen LogP contribution in [0.3, 0.4) is 0 Å². The quantitative estimate of drug-likeness (QED) is 0.448. The average molecular weight is 471 g/mol. The maximum absolute atomic E-state index is 2.36. The minimum absolute atomic E-state index is 0. The van der Waals surface area contributed by atoms with Crippen LogP contribution in [0.25, 0.3) is 0 Å². The van der Waals surface area contributed by atoms with Gasteiger partial charge in [0.2, 0.25) is 0 Å². The molecule has 0 radical (unpaired) electrons. The van der Waals surface area contributed by atoms with Crippen LogP contribution >= 0.6 is 0 Å². The van der Waals surface area contributed by atoms with Crippen molar-refractivity contribution in [2.75, 3.05) is 13.3 Å². The van der Waals surface area contributed by atoms with E-state index in [2.05, 4.69) is 127 Å². The van der Waals surface area contributed by atoms with E-state index in [-0.39, 0.29) is 42.6 Å². The molecule has 2 heterocycles. The van der Waals surface area contributed by atoms with Crippen LogP contribution in [0.4, 0.5) is 0 Å². The van der Waals surface area contributed by atoms with E-state index in [0.717, 1.165) is 13.3 Å². The van der Waals surface area contributed by atoms with E-state index >= 15 is 0 Å². The van der Waals surface area contributed by atoms with Gasteiger partial charge in [0.05, 0.1) is 13.3 Å². The van der Waals surface area contributed by atoms with E-state index in [1.54, 1.807) is 0 Å². The number of hydrogen-bond donors (Lipinski definition) is 0. The van der Waals surface area contributed by atoms with Gasteiger partial charge >= 0.3 is 0 Å². The van der Waals surface area contributed by atoms with E-state index in [0.29, 0.717) is 0 Å². The molecule has 0 saturated carbocycles. The second kappa shape index (κ2) is 8.79. The summed E-state index contributed by atoms with van der Waals surface area (Å²) in [5, 5.41) is 0. The molecule has 0 aliphatic carbocycles. The zero-order valence-corrected chi connectivity index (χ0v) is 21.4. The Balaban J connectivity index is 0.000000483. The van der Waals surface area contributed by atoms with Crippen molar-refractivity contribution in [3.8, 4) is 0 Å². The second-order valence-corrected chi connectivity index (χ2v) is 11.4. The predicted molar refractivity (Wildman–Crippen MR) is 114 cm³/mol. The minimum Gasteiger partial charge on any atom is -0.354 e. The monoisotopic (exact) mass is 470 g/mol. The van der Waals surface area contributed by atoms with Crippen molar-refractivity contribution >= 4 is 0 Å². The zero-order chi connectivity index (χ0) is 20.6. The summed E-state index contributed by atoms with van der Waals surface area (Å²) in [6.07, 6.45) is 8.74. The van der Waals surface area contributed by atoms with E-state index in [1.807, 2.05) is 0 Å². The summed E-state index contributed by atoms with van der Waals surface area (Å²) >= 11 is 0. The third kappa shape index (κ3) is 8.08. The topological polar surface area (TPSA) is 13.0 Å². The Morgan fingerprint density at radius 3 is 0.630 bits per heavy atom. The maximum atomic E-state index is 2.36. The molecule has 0 spiro atoms. The molecule has 5 heteroatoms. The molecular formula is C22H44N4Pd. The summed E-state index contributed by atoms with van der Waals surface area (Å²) in [6.45, 7) is 28.9. The van der Waals surface area contributed by atoms with Gasteiger partial charge in [-0.3, -0.25) is 0 Å². The Morgan fingerprint density at radius 2 is 0.556 bits per heavy atom. The molecular weight excluding hydrogens is 427 g/mol. The Bertz CT molecular complexity index is 420. The Morgan fingerprint density at radius 1 is 0.407 bits per heavy atom. The smallest absolute Gasteiger partial charge is 0.0903 e. The fourth-order valence-corrected chi connectivity index (χ4v) is 2.58. The van der Waals surface area contributed by atoms with Crippen LogP contribution in [0.1, 0.15) is 83.1 Å². The van der Waals surface area contributed by atoms with E-state index < -0.39 is 0 Å². The molecule has 2 aliphatic heterocycles. The summed E-state index contributed by atoms with van der Waals surface area (Å²) in [4.78, 5) is 9.44. The van der Waals surface area contributed by atoms with Gasteiger partial charge in [-0.2, -0.15) is 0 Å². The van der Waals surface area contributed by atoms with Crippen molar-refractivity contribution in [1.29, 1.82) is 0 Å². The van der Waals surface area contributed by atoms with Crippen LogP contribution in [-0.2, 0) is 20.4 Å². The van der Waals surface area contributed by atoms with Crippen molar-refractivity contribution in [3.05, 3.63) is 24.8 Å². The summed E-state index contributed by atoms with van der Waals surface area (Å²) < 4.78 is 0. The molecule has 4 nitrogen and oxygen atoms in total. The summed E-state index contributed by atoms with van der Waals surface area (Å²) in [5.74, 6) is 0. The maximum Gasteiger partial charge on any atom is 0.0903 e. The average Bonchev–Trinajstić information content (AvgIpc) is 3.06. The molecule has 0 saturated heterocycles. The van der Waals surface area contributed by atoms with Gasteiger partial charge in [-0.15, -0.1) is 0 Å². The number of rotatable bonds is 0. The van der Waals surface area contributed by atoms with Crippen LogP contribution in [0, 0.1) is 0 Å². The standard InChI is InChI=1S/2C11H22N2.Pd/c2*1-10(2,3)12-7-8-13(9-12)11(4,5)6;/h2*7-8H,9H2,1-6H3;. The fourth-order valence-electron chi connectivity index (χ4n) is 2.58. The summed E-state index contributed by atoms with van der Waals surface area (Å²) in [6, 6.07) is 0. The van der Waals surface area contributed by atoms with Gasteiger partial charge in [-0.25, -0.2) is 0 Å². The molecule has 0 unspecified atom stereocenters. The van der Waals surface area contributed by atoms with Crippen LogP contribution in [0.15, 0.2) is 24.8 Å². The molecule has 0 aromatic heterocycles. The largest absolute Gasteiger partial charge is 0.354 e. The molecule has 0 bridgehead atoms. The first-order valence-electron chi connectivity index (χ1n) is 9.86. The van der Waals surface area contributed by atoms with Crippen molar-refractivity contribution in [2.45, 2.75) is 105 Å². The molecule has 2 aliphatic rings. The van der Waals surface area contributed by atoms with Gasteiger partial charge in [-0.05, 0) is 83.1 Å². The SMILES string of the molecule is CC(C)(C)N1C=CN(C(C)(C)C)C1.CC(C)(C)N1C=CN(C(C)(C)C)C1.[Pd]. The normalized spacial score (nSPS) is 17.9. The van der Waals surface area contributed by atoms with Crippen LogP contribution in [0.2, 0.25) is 0 Å². The first-order chi connectivity index (χ1) is 11.4. The third-order valence-electron chi connectivity index (χ3n) is 4.91. The van der Waals surface area contributed by atoms with Gasteiger partial charge in [0.1, 0.15) is 0 Å².